The third-order valence-electron chi connectivity index (χ3n) is 3.98. The van der Waals surface area contributed by atoms with Crippen molar-refractivity contribution in [2.45, 2.75) is 38.4 Å². The molecule has 1 aliphatic rings. The molecule has 118 valence electrons. The van der Waals surface area contributed by atoms with Crippen LogP contribution < -0.4 is 10.6 Å². The highest BCUT2D eigenvalue weighted by molar-refractivity contribution is 5.85. The van der Waals surface area contributed by atoms with E-state index in [2.05, 4.69) is 53.8 Å². The van der Waals surface area contributed by atoms with Crippen LogP contribution >= 0.6 is 12.4 Å². The number of nitrogens with zero attached hydrogens (tertiary/aromatic N) is 1. The fraction of sp³-hybridized carbons (Fsp3) is 0.562. The number of halogens is 1. The zero-order valence-electron chi connectivity index (χ0n) is 12.8. The van der Waals surface area contributed by atoms with Crippen molar-refractivity contribution in [1.29, 1.82) is 0 Å². The number of amides is 1. The molecule has 1 amide bonds. The highest BCUT2D eigenvalue weighted by atomic mass is 35.5. The summed E-state index contributed by atoms with van der Waals surface area (Å²) in [5, 5.41) is 6.27. The summed E-state index contributed by atoms with van der Waals surface area (Å²) in [7, 11) is 2.09. The molecule has 0 aliphatic carbocycles. The number of carbonyl (C=O) groups is 1. The minimum absolute atomic E-state index is 0. The molecule has 1 aromatic rings. The number of rotatable bonds is 6. The molecule has 1 aromatic carbocycles. The molecule has 5 heteroatoms. The number of likely N-dealkylation sites (N-methyl/N-ethyl adjacent to an activating group) is 1. The molecule has 2 unspecified atom stereocenters. The summed E-state index contributed by atoms with van der Waals surface area (Å²) in [5.74, 6) is 0.141. The van der Waals surface area contributed by atoms with Crippen LogP contribution in [0.25, 0.3) is 0 Å². The van der Waals surface area contributed by atoms with Crippen LogP contribution in [-0.4, -0.2) is 43.0 Å². The lowest BCUT2D eigenvalue weighted by Crippen LogP contribution is -2.45. The fourth-order valence-corrected chi connectivity index (χ4v) is 2.46. The Morgan fingerprint density at radius 3 is 2.76 bits per heavy atom. The number of carbonyl (C=O) groups excluding carboxylic acids is 1. The monoisotopic (exact) mass is 311 g/mol. The number of nitrogens with one attached hydrogen (secondary N) is 2. The predicted octanol–water partition coefficient (Wildman–Crippen LogP) is 1.80. The molecule has 1 fully saturated rings. The zero-order valence-corrected chi connectivity index (χ0v) is 13.7. The first kappa shape index (κ1) is 18.0. The Hall–Kier alpha value is -1.10. The van der Waals surface area contributed by atoms with Crippen LogP contribution in [0.4, 0.5) is 0 Å². The summed E-state index contributed by atoms with van der Waals surface area (Å²) in [5.41, 5.74) is 1.30. The lowest BCUT2D eigenvalue weighted by atomic mass is 10.2. The maximum atomic E-state index is 11.9. The molecule has 1 saturated heterocycles. The highest BCUT2D eigenvalue weighted by Crippen LogP contribution is 2.07. The lowest BCUT2D eigenvalue weighted by molar-refractivity contribution is -0.123. The molecule has 4 nitrogen and oxygen atoms in total. The standard InChI is InChI=1S/C16H25N3O.ClH/c1-13(11-18-16(20)15-9-6-10-17-15)19(2)12-14-7-4-3-5-8-14;/h3-5,7-8,13,15,17H,6,9-12H2,1-2H3,(H,18,20);1H. The molecule has 0 spiro atoms. The molecule has 2 atom stereocenters. The van der Waals surface area contributed by atoms with E-state index in [0.29, 0.717) is 12.6 Å². The quantitative estimate of drug-likeness (QED) is 0.842. The highest BCUT2D eigenvalue weighted by Gasteiger charge is 2.22. The minimum atomic E-state index is 0. The minimum Gasteiger partial charge on any atom is -0.353 e. The molecular formula is C16H26ClN3O. The summed E-state index contributed by atoms with van der Waals surface area (Å²) in [4.78, 5) is 14.2. The van der Waals surface area contributed by atoms with Gasteiger partial charge in [-0.05, 0) is 38.9 Å². The van der Waals surface area contributed by atoms with Gasteiger partial charge in [-0.2, -0.15) is 0 Å². The molecule has 2 rings (SSSR count). The number of benzene rings is 1. The van der Waals surface area contributed by atoms with E-state index in [9.17, 15) is 4.79 Å². The van der Waals surface area contributed by atoms with E-state index in [1.165, 1.54) is 5.56 Å². The van der Waals surface area contributed by atoms with Gasteiger partial charge in [-0.1, -0.05) is 30.3 Å². The Morgan fingerprint density at radius 2 is 2.14 bits per heavy atom. The summed E-state index contributed by atoms with van der Waals surface area (Å²) >= 11 is 0. The van der Waals surface area contributed by atoms with Gasteiger partial charge in [-0.15, -0.1) is 12.4 Å². The van der Waals surface area contributed by atoms with Crippen LogP contribution in [0.3, 0.4) is 0 Å². The van der Waals surface area contributed by atoms with E-state index < -0.39 is 0 Å². The van der Waals surface area contributed by atoms with Gasteiger partial charge in [0, 0.05) is 19.1 Å². The third-order valence-corrected chi connectivity index (χ3v) is 3.98. The first-order chi connectivity index (χ1) is 9.66. The molecule has 0 aromatic heterocycles. The van der Waals surface area contributed by atoms with Crippen molar-refractivity contribution in [1.82, 2.24) is 15.5 Å². The molecule has 2 N–H and O–H groups in total. The van der Waals surface area contributed by atoms with E-state index in [0.717, 1.165) is 25.9 Å². The van der Waals surface area contributed by atoms with Crippen molar-refractivity contribution in [3.05, 3.63) is 35.9 Å². The van der Waals surface area contributed by atoms with E-state index in [-0.39, 0.29) is 24.4 Å². The average Bonchev–Trinajstić information content (AvgIpc) is 2.99. The van der Waals surface area contributed by atoms with Crippen LogP contribution in [0.1, 0.15) is 25.3 Å². The van der Waals surface area contributed by atoms with Crippen LogP contribution in [0, 0.1) is 0 Å². The molecule has 1 heterocycles. The van der Waals surface area contributed by atoms with Crippen LogP contribution in [0.15, 0.2) is 30.3 Å². The molecule has 0 saturated carbocycles. The van der Waals surface area contributed by atoms with Crippen molar-refractivity contribution in [2.75, 3.05) is 20.1 Å². The van der Waals surface area contributed by atoms with E-state index in [1.54, 1.807) is 0 Å². The Morgan fingerprint density at radius 1 is 1.43 bits per heavy atom. The van der Waals surface area contributed by atoms with E-state index in [1.807, 2.05) is 6.07 Å². The van der Waals surface area contributed by atoms with Gasteiger partial charge < -0.3 is 10.6 Å². The average molecular weight is 312 g/mol. The van der Waals surface area contributed by atoms with Gasteiger partial charge >= 0.3 is 0 Å². The van der Waals surface area contributed by atoms with Crippen molar-refractivity contribution in [2.24, 2.45) is 0 Å². The van der Waals surface area contributed by atoms with Gasteiger partial charge in [-0.3, -0.25) is 9.69 Å². The van der Waals surface area contributed by atoms with Crippen molar-refractivity contribution in [3.8, 4) is 0 Å². The fourth-order valence-electron chi connectivity index (χ4n) is 2.46. The molecule has 21 heavy (non-hydrogen) atoms. The van der Waals surface area contributed by atoms with Gasteiger partial charge in [-0.25, -0.2) is 0 Å². The topological polar surface area (TPSA) is 44.4 Å². The first-order valence-corrected chi connectivity index (χ1v) is 7.42. The smallest absolute Gasteiger partial charge is 0.237 e. The molecule has 0 bridgehead atoms. The summed E-state index contributed by atoms with van der Waals surface area (Å²) in [6, 6.07) is 10.7. The zero-order chi connectivity index (χ0) is 14.4. The van der Waals surface area contributed by atoms with Gasteiger partial charge in [0.1, 0.15) is 0 Å². The molecule has 0 radical (unpaired) electrons. The Kier molecular flexibility index (Phi) is 7.72. The second kappa shape index (κ2) is 9.03. The Bertz CT molecular complexity index is 421. The van der Waals surface area contributed by atoms with E-state index in [4.69, 9.17) is 0 Å². The lowest BCUT2D eigenvalue weighted by Gasteiger charge is -2.25. The normalized spacial score (nSPS) is 19.1. The first-order valence-electron chi connectivity index (χ1n) is 7.42. The van der Waals surface area contributed by atoms with E-state index >= 15 is 0 Å². The van der Waals surface area contributed by atoms with Gasteiger partial charge in [0.05, 0.1) is 6.04 Å². The second-order valence-electron chi connectivity index (χ2n) is 5.64. The van der Waals surface area contributed by atoms with Gasteiger partial charge in [0.15, 0.2) is 0 Å². The summed E-state index contributed by atoms with van der Waals surface area (Å²) < 4.78 is 0. The maximum Gasteiger partial charge on any atom is 0.237 e. The van der Waals surface area contributed by atoms with Gasteiger partial charge in [0.25, 0.3) is 0 Å². The number of hydrogen-bond donors (Lipinski definition) is 2. The van der Waals surface area contributed by atoms with Crippen LogP contribution in [0.2, 0.25) is 0 Å². The van der Waals surface area contributed by atoms with Gasteiger partial charge in [0.2, 0.25) is 5.91 Å². The summed E-state index contributed by atoms with van der Waals surface area (Å²) in [6.07, 6.45) is 2.06. The SMILES string of the molecule is CC(CNC(=O)C1CCCN1)N(C)Cc1ccccc1.Cl. The second-order valence-corrected chi connectivity index (χ2v) is 5.64. The van der Waals surface area contributed by atoms with Crippen molar-refractivity contribution >= 4 is 18.3 Å². The maximum absolute atomic E-state index is 11.9. The van der Waals surface area contributed by atoms with Crippen molar-refractivity contribution < 1.29 is 4.79 Å². The molecular weight excluding hydrogens is 286 g/mol. The van der Waals surface area contributed by atoms with Crippen LogP contribution in [-0.2, 0) is 11.3 Å². The predicted molar refractivity (Wildman–Crippen MR) is 88.7 cm³/mol. The Labute approximate surface area is 133 Å². The number of hydrogen-bond acceptors (Lipinski definition) is 3. The third kappa shape index (κ3) is 5.65. The largest absolute Gasteiger partial charge is 0.353 e. The van der Waals surface area contributed by atoms with Crippen molar-refractivity contribution in [3.63, 3.8) is 0 Å². The molecule has 1 aliphatic heterocycles. The van der Waals surface area contributed by atoms with Crippen LogP contribution in [0.5, 0.6) is 0 Å². The summed E-state index contributed by atoms with van der Waals surface area (Å²) in [6.45, 7) is 4.70. The Balaban J connectivity index is 0.00000220.